The second kappa shape index (κ2) is 9.88. The summed E-state index contributed by atoms with van der Waals surface area (Å²) in [4.78, 5) is 48.3. The van der Waals surface area contributed by atoms with Gasteiger partial charge < -0.3 is 28.8 Å². The minimum Gasteiger partial charge on any atom is -0.463 e. The lowest BCUT2D eigenvalue weighted by molar-refractivity contribution is -0.347. The normalized spacial score (nSPS) is 29.0. The van der Waals surface area contributed by atoms with Crippen molar-refractivity contribution >= 4 is 23.9 Å². The van der Waals surface area contributed by atoms with E-state index in [0.29, 0.717) is 0 Å². The van der Waals surface area contributed by atoms with Crippen LogP contribution in [-0.2, 0) is 42.9 Å². The molecule has 0 bridgehead atoms. The van der Waals surface area contributed by atoms with Crippen LogP contribution in [0.5, 0.6) is 0 Å². The summed E-state index contributed by atoms with van der Waals surface area (Å²) in [6, 6.07) is 0. The third kappa shape index (κ3) is 6.37. The van der Waals surface area contributed by atoms with Gasteiger partial charge in [0.05, 0.1) is 6.54 Å². The molecular weight excluding hydrogens is 382 g/mol. The van der Waals surface area contributed by atoms with E-state index in [-0.39, 0.29) is 0 Å². The number of azide groups is 1. The molecule has 1 fully saturated rings. The summed E-state index contributed by atoms with van der Waals surface area (Å²) in [7, 11) is 0. The smallest absolute Gasteiger partial charge is 0.303 e. The summed E-state index contributed by atoms with van der Waals surface area (Å²) >= 11 is 0. The fourth-order valence-corrected chi connectivity index (χ4v) is 2.62. The Hall–Kier alpha value is -2.89. The number of esters is 4. The third-order valence-electron chi connectivity index (χ3n) is 3.50. The molecule has 0 aromatic rings. The first-order valence-electron chi connectivity index (χ1n) is 8.06. The maximum absolute atomic E-state index is 11.6. The zero-order valence-corrected chi connectivity index (χ0v) is 15.7. The van der Waals surface area contributed by atoms with Crippen LogP contribution in [0.1, 0.15) is 27.7 Å². The highest BCUT2D eigenvalue weighted by Crippen LogP contribution is 2.35. The lowest BCUT2D eigenvalue weighted by Crippen LogP contribution is -2.69. The number of nitrogens with zero attached hydrogens (tertiary/aromatic N) is 3. The van der Waals surface area contributed by atoms with Crippen LogP contribution in [0.15, 0.2) is 5.11 Å². The minimum absolute atomic E-state index is 0.504. The van der Waals surface area contributed by atoms with Crippen LogP contribution in [0.3, 0.4) is 0 Å². The molecule has 0 saturated carbocycles. The van der Waals surface area contributed by atoms with Crippen molar-refractivity contribution in [3.63, 3.8) is 0 Å². The molecule has 1 saturated heterocycles. The van der Waals surface area contributed by atoms with Crippen molar-refractivity contribution in [3.8, 4) is 0 Å². The summed E-state index contributed by atoms with van der Waals surface area (Å²) in [6.45, 7) is 2.98. The lowest BCUT2D eigenvalue weighted by atomic mass is 9.91. The average molecular weight is 403 g/mol. The van der Waals surface area contributed by atoms with E-state index in [1.165, 1.54) is 0 Å². The summed E-state index contributed by atoms with van der Waals surface area (Å²) in [6.07, 6.45) is -5.99. The molecule has 13 heteroatoms. The summed E-state index contributed by atoms with van der Waals surface area (Å²) < 4.78 is 25.5. The molecule has 1 N–H and O–H groups in total. The van der Waals surface area contributed by atoms with Crippen LogP contribution in [0, 0.1) is 0 Å². The predicted octanol–water partition coefficient (Wildman–Crippen LogP) is -0.258. The lowest BCUT2D eigenvalue weighted by Gasteiger charge is -2.48. The molecule has 13 nitrogen and oxygen atoms in total. The van der Waals surface area contributed by atoms with Gasteiger partial charge in [-0.1, -0.05) is 5.11 Å². The number of ether oxygens (including phenoxy) is 5. The molecule has 0 spiro atoms. The van der Waals surface area contributed by atoms with E-state index >= 15 is 0 Å². The molecule has 0 aromatic carbocycles. The highest BCUT2D eigenvalue weighted by Gasteiger charge is 2.59. The van der Waals surface area contributed by atoms with Crippen LogP contribution < -0.4 is 0 Å². The van der Waals surface area contributed by atoms with Crippen LogP contribution in [0.4, 0.5) is 0 Å². The first kappa shape index (κ1) is 23.1. The zero-order valence-electron chi connectivity index (χ0n) is 15.7. The average Bonchev–Trinajstić information content (AvgIpc) is 2.56. The van der Waals surface area contributed by atoms with Gasteiger partial charge in [0.15, 0.2) is 18.3 Å². The van der Waals surface area contributed by atoms with Gasteiger partial charge >= 0.3 is 23.9 Å². The van der Waals surface area contributed by atoms with E-state index in [0.717, 1.165) is 27.7 Å². The molecule has 1 aliphatic rings. The van der Waals surface area contributed by atoms with Crippen molar-refractivity contribution in [1.82, 2.24) is 0 Å². The SMILES string of the molecule is CC(=O)OC[C@H]1O[C@@](O)(CN=[N+]=[N-])[C@@H](OC(C)=O)[C@@H](OC(C)=O)[C@@H]1OC(C)=O. The van der Waals surface area contributed by atoms with E-state index in [1.54, 1.807) is 0 Å². The Labute approximate surface area is 159 Å². The number of carbonyl (C=O) groups is 4. The van der Waals surface area contributed by atoms with Crippen LogP contribution in [0.2, 0.25) is 0 Å². The predicted molar refractivity (Wildman–Crippen MR) is 87.1 cm³/mol. The molecule has 28 heavy (non-hydrogen) atoms. The van der Waals surface area contributed by atoms with E-state index < -0.39 is 67.2 Å². The highest BCUT2D eigenvalue weighted by molar-refractivity contribution is 5.68. The Morgan fingerprint density at radius 1 is 1.00 bits per heavy atom. The Balaban J connectivity index is 3.43. The van der Waals surface area contributed by atoms with Gasteiger partial charge in [0.25, 0.3) is 0 Å². The second-order valence-electron chi connectivity index (χ2n) is 5.87. The van der Waals surface area contributed by atoms with Crippen molar-refractivity contribution in [1.29, 1.82) is 0 Å². The summed E-state index contributed by atoms with van der Waals surface area (Å²) in [5.41, 5.74) is 8.56. The number of aliphatic hydroxyl groups is 1. The zero-order chi connectivity index (χ0) is 21.5. The van der Waals surface area contributed by atoms with Gasteiger partial charge in [0.1, 0.15) is 12.7 Å². The van der Waals surface area contributed by atoms with Gasteiger partial charge in [-0.05, 0) is 5.53 Å². The van der Waals surface area contributed by atoms with Gasteiger partial charge in [0, 0.05) is 32.6 Å². The highest BCUT2D eigenvalue weighted by atomic mass is 16.7. The maximum Gasteiger partial charge on any atom is 0.303 e. The van der Waals surface area contributed by atoms with Crippen molar-refractivity contribution in [2.24, 2.45) is 5.11 Å². The molecule has 1 aliphatic heterocycles. The molecule has 0 radical (unpaired) electrons. The largest absolute Gasteiger partial charge is 0.463 e. The fraction of sp³-hybridized carbons (Fsp3) is 0.733. The van der Waals surface area contributed by atoms with E-state index in [1.807, 2.05) is 0 Å². The van der Waals surface area contributed by atoms with E-state index in [2.05, 4.69) is 10.0 Å². The second-order valence-corrected chi connectivity index (χ2v) is 5.87. The van der Waals surface area contributed by atoms with Gasteiger partial charge in [-0.15, -0.1) is 0 Å². The van der Waals surface area contributed by atoms with E-state index in [4.69, 9.17) is 29.2 Å². The standard InChI is InChI=1S/C15H21N3O10/c1-7(19)24-5-11-12(25-8(2)20)13(26-9(3)21)14(27-10(4)22)15(23,28-11)6-17-18-16/h11-14,23H,5-6H2,1-4H3/t11-,12-,13+,14+,15+/m1/s1. The van der Waals surface area contributed by atoms with Gasteiger partial charge in [-0.25, -0.2) is 0 Å². The van der Waals surface area contributed by atoms with Crippen molar-refractivity contribution < 1.29 is 48.0 Å². The first-order chi connectivity index (χ1) is 13.0. The van der Waals surface area contributed by atoms with Crippen molar-refractivity contribution in [3.05, 3.63) is 10.4 Å². The van der Waals surface area contributed by atoms with Gasteiger partial charge in [0.2, 0.25) is 5.79 Å². The fourth-order valence-electron chi connectivity index (χ4n) is 2.62. The molecule has 5 atom stereocenters. The maximum atomic E-state index is 11.6. The molecule has 0 aliphatic carbocycles. The van der Waals surface area contributed by atoms with Crippen LogP contribution in [-0.4, -0.2) is 72.3 Å². The Kier molecular flexibility index (Phi) is 8.16. The Bertz CT molecular complexity index is 677. The molecule has 0 amide bonds. The van der Waals surface area contributed by atoms with Crippen LogP contribution in [0.25, 0.3) is 10.4 Å². The third-order valence-corrected chi connectivity index (χ3v) is 3.50. The van der Waals surface area contributed by atoms with Crippen molar-refractivity contribution in [2.45, 2.75) is 57.9 Å². The summed E-state index contributed by atoms with van der Waals surface area (Å²) in [5, 5.41) is 14.1. The Morgan fingerprint density at radius 3 is 2.00 bits per heavy atom. The Morgan fingerprint density at radius 2 is 1.54 bits per heavy atom. The van der Waals surface area contributed by atoms with Crippen molar-refractivity contribution in [2.75, 3.05) is 13.2 Å². The summed E-state index contributed by atoms with van der Waals surface area (Å²) in [5.74, 6) is -5.70. The quantitative estimate of drug-likeness (QED) is 0.195. The number of carbonyl (C=O) groups excluding carboxylic acids is 4. The van der Waals surface area contributed by atoms with Gasteiger partial charge in [-0.3, -0.25) is 19.2 Å². The molecule has 0 unspecified atom stereocenters. The van der Waals surface area contributed by atoms with Crippen LogP contribution >= 0.6 is 0 Å². The topological polar surface area (TPSA) is 183 Å². The monoisotopic (exact) mass is 403 g/mol. The molecule has 0 aromatic heterocycles. The minimum atomic E-state index is -2.46. The molecule has 156 valence electrons. The number of hydrogen-bond donors (Lipinski definition) is 1. The molecule has 1 rings (SSSR count). The molecular formula is C15H21N3O10. The van der Waals surface area contributed by atoms with Gasteiger partial charge in [-0.2, -0.15) is 0 Å². The van der Waals surface area contributed by atoms with E-state index in [9.17, 15) is 24.3 Å². The first-order valence-corrected chi connectivity index (χ1v) is 8.06. The number of rotatable bonds is 7. The molecule has 1 heterocycles. The number of hydrogen-bond acceptors (Lipinski definition) is 11.